The number of rotatable bonds is 5. The molecule has 3 nitrogen and oxygen atoms in total. The van der Waals surface area contributed by atoms with Crippen LogP contribution in [0.1, 0.15) is 25.8 Å². The first-order valence-corrected chi connectivity index (χ1v) is 5.46. The lowest BCUT2D eigenvalue weighted by Crippen LogP contribution is -2.32. The van der Waals surface area contributed by atoms with E-state index in [1.807, 2.05) is 32.0 Å². The number of methoxy groups -OCH3 is 2. The minimum absolute atomic E-state index is 0.148. The first-order valence-electron chi connectivity index (χ1n) is 5.46. The van der Waals surface area contributed by atoms with E-state index in [9.17, 15) is 0 Å². The van der Waals surface area contributed by atoms with E-state index in [1.54, 1.807) is 14.2 Å². The van der Waals surface area contributed by atoms with Gasteiger partial charge in [0.1, 0.15) is 11.5 Å². The molecule has 90 valence electrons. The predicted octanol–water partition coefficient (Wildman–Crippen LogP) is 2.37. The van der Waals surface area contributed by atoms with E-state index in [2.05, 4.69) is 0 Å². The molecule has 1 aromatic carbocycles. The van der Waals surface area contributed by atoms with Gasteiger partial charge >= 0.3 is 0 Å². The first kappa shape index (κ1) is 12.8. The Labute approximate surface area is 97.6 Å². The van der Waals surface area contributed by atoms with Gasteiger partial charge in [-0.15, -0.1) is 0 Å². The van der Waals surface area contributed by atoms with Crippen molar-refractivity contribution in [2.45, 2.75) is 32.2 Å². The molecule has 0 aliphatic carbocycles. The molecule has 0 amide bonds. The van der Waals surface area contributed by atoms with E-state index >= 15 is 0 Å². The fraction of sp³-hybridized carbons (Fsp3) is 0.538. The van der Waals surface area contributed by atoms with Crippen LogP contribution in [0.25, 0.3) is 0 Å². The van der Waals surface area contributed by atoms with E-state index in [0.717, 1.165) is 24.3 Å². The van der Waals surface area contributed by atoms with Crippen molar-refractivity contribution in [3.63, 3.8) is 0 Å². The summed E-state index contributed by atoms with van der Waals surface area (Å²) >= 11 is 0. The Morgan fingerprint density at radius 2 is 1.88 bits per heavy atom. The molecule has 0 bridgehead atoms. The third kappa shape index (κ3) is 3.74. The van der Waals surface area contributed by atoms with Gasteiger partial charge in [0.05, 0.1) is 14.2 Å². The van der Waals surface area contributed by atoms with Gasteiger partial charge in [-0.3, -0.25) is 0 Å². The van der Waals surface area contributed by atoms with Crippen LogP contribution in [-0.4, -0.2) is 19.8 Å². The van der Waals surface area contributed by atoms with Crippen molar-refractivity contribution in [3.05, 3.63) is 23.8 Å². The summed E-state index contributed by atoms with van der Waals surface area (Å²) in [7, 11) is 3.32. The summed E-state index contributed by atoms with van der Waals surface area (Å²) in [4.78, 5) is 0. The molecule has 0 heterocycles. The Balaban J connectivity index is 2.79. The van der Waals surface area contributed by atoms with Gasteiger partial charge in [-0.2, -0.15) is 0 Å². The third-order valence-electron chi connectivity index (χ3n) is 2.53. The molecule has 0 unspecified atom stereocenters. The Bertz CT molecular complexity index is 342. The summed E-state index contributed by atoms with van der Waals surface area (Å²) in [6.07, 6.45) is 1.84. The number of nitrogens with two attached hydrogens (primary N) is 1. The minimum atomic E-state index is -0.148. The molecule has 0 fully saturated rings. The highest BCUT2D eigenvalue weighted by Gasteiger charge is 2.12. The monoisotopic (exact) mass is 223 g/mol. The molecule has 1 aromatic rings. The lowest BCUT2D eigenvalue weighted by molar-refractivity contribution is 0.388. The lowest BCUT2D eigenvalue weighted by atomic mass is 9.96. The van der Waals surface area contributed by atoms with Crippen LogP contribution in [0, 0.1) is 0 Å². The highest BCUT2D eigenvalue weighted by molar-refractivity contribution is 5.40. The van der Waals surface area contributed by atoms with E-state index in [4.69, 9.17) is 15.2 Å². The quantitative estimate of drug-likeness (QED) is 0.833. The van der Waals surface area contributed by atoms with Crippen molar-refractivity contribution < 1.29 is 9.47 Å². The fourth-order valence-electron chi connectivity index (χ4n) is 1.52. The van der Waals surface area contributed by atoms with Gasteiger partial charge in [0.15, 0.2) is 0 Å². The van der Waals surface area contributed by atoms with Crippen LogP contribution in [0.3, 0.4) is 0 Å². The maximum Gasteiger partial charge on any atom is 0.125 e. The molecule has 0 aliphatic rings. The Kier molecular flexibility index (Phi) is 4.19. The molecule has 0 aliphatic heterocycles. The van der Waals surface area contributed by atoms with Gasteiger partial charge in [-0.1, -0.05) is 6.07 Å². The molecule has 0 saturated carbocycles. The van der Waals surface area contributed by atoms with Crippen LogP contribution < -0.4 is 15.2 Å². The van der Waals surface area contributed by atoms with Crippen molar-refractivity contribution in [3.8, 4) is 11.5 Å². The van der Waals surface area contributed by atoms with Crippen LogP contribution in [0.2, 0.25) is 0 Å². The van der Waals surface area contributed by atoms with Gasteiger partial charge in [-0.25, -0.2) is 0 Å². The zero-order chi connectivity index (χ0) is 12.2. The average Bonchev–Trinajstić information content (AvgIpc) is 2.25. The summed E-state index contributed by atoms with van der Waals surface area (Å²) in [5.41, 5.74) is 6.99. The van der Waals surface area contributed by atoms with Crippen LogP contribution >= 0.6 is 0 Å². The maximum absolute atomic E-state index is 5.97. The van der Waals surface area contributed by atoms with E-state index in [0.29, 0.717) is 0 Å². The fourth-order valence-corrected chi connectivity index (χ4v) is 1.52. The average molecular weight is 223 g/mol. The molecule has 0 spiro atoms. The Morgan fingerprint density at radius 3 is 2.38 bits per heavy atom. The number of hydrogen-bond acceptors (Lipinski definition) is 3. The SMILES string of the molecule is COc1ccc(CCC(C)(C)N)c(OC)c1. The molecule has 2 N–H and O–H groups in total. The molecule has 0 saturated heterocycles. The number of benzene rings is 1. The summed E-state index contributed by atoms with van der Waals surface area (Å²) in [5, 5.41) is 0. The molecule has 1 rings (SSSR count). The van der Waals surface area contributed by atoms with Crippen LogP contribution in [0.5, 0.6) is 11.5 Å². The van der Waals surface area contributed by atoms with Crippen molar-refractivity contribution in [1.29, 1.82) is 0 Å². The van der Waals surface area contributed by atoms with Crippen molar-refractivity contribution >= 4 is 0 Å². The molecular weight excluding hydrogens is 202 g/mol. The highest BCUT2D eigenvalue weighted by atomic mass is 16.5. The van der Waals surface area contributed by atoms with Crippen molar-refractivity contribution in [2.24, 2.45) is 5.73 Å². The predicted molar refractivity (Wildman–Crippen MR) is 66.1 cm³/mol. The Morgan fingerprint density at radius 1 is 1.19 bits per heavy atom. The zero-order valence-corrected chi connectivity index (χ0v) is 10.5. The largest absolute Gasteiger partial charge is 0.497 e. The van der Waals surface area contributed by atoms with Crippen LogP contribution in [0.4, 0.5) is 0 Å². The number of ether oxygens (including phenoxy) is 2. The second kappa shape index (κ2) is 5.21. The first-order chi connectivity index (χ1) is 7.46. The van der Waals surface area contributed by atoms with Crippen molar-refractivity contribution in [2.75, 3.05) is 14.2 Å². The van der Waals surface area contributed by atoms with Gasteiger partial charge in [-0.05, 0) is 38.3 Å². The molecule has 16 heavy (non-hydrogen) atoms. The zero-order valence-electron chi connectivity index (χ0n) is 10.5. The smallest absolute Gasteiger partial charge is 0.125 e. The summed E-state index contributed by atoms with van der Waals surface area (Å²) < 4.78 is 10.5. The van der Waals surface area contributed by atoms with Gasteiger partial charge in [0.2, 0.25) is 0 Å². The third-order valence-corrected chi connectivity index (χ3v) is 2.53. The van der Waals surface area contributed by atoms with Gasteiger partial charge < -0.3 is 15.2 Å². The lowest BCUT2D eigenvalue weighted by Gasteiger charge is -2.19. The summed E-state index contributed by atoms with van der Waals surface area (Å²) in [6.45, 7) is 4.06. The van der Waals surface area contributed by atoms with Crippen molar-refractivity contribution in [1.82, 2.24) is 0 Å². The number of aryl methyl sites for hydroxylation is 1. The molecular formula is C13H21NO2. The summed E-state index contributed by atoms with van der Waals surface area (Å²) in [5.74, 6) is 1.68. The second-order valence-electron chi connectivity index (χ2n) is 4.67. The molecule has 0 aromatic heterocycles. The topological polar surface area (TPSA) is 44.5 Å². The highest BCUT2D eigenvalue weighted by Crippen LogP contribution is 2.26. The molecule has 0 radical (unpaired) electrons. The molecule has 3 heteroatoms. The van der Waals surface area contributed by atoms with E-state index in [-0.39, 0.29) is 5.54 Å². The van der Waals surface area contributed by atoms with Crippen LogP contribution in [0.15, 0.2) is 18.2 Å². The summed E-state index contributed by atoms with van der Waals surface area (Å²) in [6, 6.07) is 5.88. The molecule has 0 atom stereocenters. The van der Waals surface area contributed by atoms with Gasteiger partial charge in [0.25, 0.3) is 0 Å². The minimum Gasteiger partial charge on any atom is -0.497 e. The Hall–Kier alpha value is -1.22. The normalized spacial score (nSPS) is 11.3. The van der Waals surface area contributed by atoms with Crippen LogP contribution in [-0.2, 0) is 6.42 Å². The number of hydrogen-bond donors (Lipinski definition) is 1. The van der Waals surface area contributed by atoms with E-state index in [1.165, 1.54) is 5.56 Å². The second-order valence-corrected chi connectivity index (χ2v) is 4.67. The van der Waals surface area contributed by atoms with Gasteiger partial charge in [0, 0.05) is 11.6 Å². The van der Waals surface area contributed by atoms with E-state index < -0.39 is 0 Å². The standard InChI is InChI=1S/C13H21NO2/c1-13(2,14)8-7-10-5-6-11(15-3)9-12(10)16-4/h5-6,9H,7-8,14H2,1-4H3. The maximum atomic E-state index is 5.97.